The van der Waals surface area contributed by atoms with E-state index in [2.05, 4.69) is 24.1 Å². The van der Waals surface area contributed by atoms with E-state index in [1.807, 2.05) is 0 Å². The van der Waals surface area contributed by atoms with Gasteiger partial charge in [0.1, 0.15) is 0 Å². The molecule has 1 atom stereocenters. The Kier molecular flexibility index (Phi) is 6.79. The van der Waals surface area contributed by atoms with Gasteiger partial charge in [-0.15, -0.1) is 0 Å². The predicted octanol–water partition coefficient (Wildman–Crippen LogP) is 3.19. The average molecular weight is 282 g/mol. The Morgan fingerprint density at radius 2 is 1.70 bits per heavy atom. The summed E-state index contributed by atoms with van der Waals surface area (Å²) in [7, 11) is 0. The van der Waals surface area contributed by atoms with Gasteiger partial charge >= 0.3 is 0 Å². The van der Waals surface area contributed by atoms with Crippen molar-refractivity contribution in [3.8, 4) is 0 Å². The monoisotopic (exact) mass is 282 g/mol. The van der Waals surface area contributed by atoms with E-state index in [1.54, 1.807) is 0 Å². The van der Waals surface area contributed by atoms with Gasteiger partial charge in [0.2, 0.25) is 0 Å². The van der Waals surface area contributed by atoms with E-state index in [0.717, 1.165) is 19.8 Å². The summed E-state index contributed by atoms with van der Waals surface area (Å²) in [6.45, 7) is 9.78. The van der Waals surface area contributed by atoms with Crippen LogP contribution in [0, 0.1) is 0 Å². The van der Waals surface area contributed by atoms with Gasteiger partial charge in [-0.2, -0.15) is 0 Å². The van der Waals surface area contributed by atoms with Crippen LogP contribution in [0.5, 0.6) is 0 Å². The molecule has 0 spiro atoms. The highest BCUT2D eigenvalue weighted by molar-refractivity contribution is 4.96. The Morgan fingerprint density at radius 1 is 1.05 bits per heavy atom. The molecule has 0 aromatic heterocycles. The molecule has 1 heterocycles. The van der Waals surface area contributed by atoms with Crippen LogP contribution in [-0.2, 0) is 4.74 Å². The van der Waals surface area contributed by atoms with Crippen molar-refractivity contribution in [3.05, 3.63) is 0 Å². The van der Waals surface area contributed by atoms with Crippen molar-refractivity contribution >= 4 is 0 Å². The molecule has 0 radical (unpaired) electrons. The Hall–Kier alpha value is -0.120. The fraction of sp³-hybridized carbons (Fsp3) is 1.00. The van der Waals surface area contributed by atoms with Gasteiger partial charge in [0.05, 0.1) is 6.61 Å². The summed E-state index contributed by atoms with van der Waals surface area (Å²) >= 11 is 0. The van der Waals surface area contributed by atoms with E-state index in [1.165, 1.54) is 64.5 Å². The van der Waals surface area contributed by atoms with Crippen molar-refractivity contribution in [2.24, 2.45) is 0 Å². The number of hydrogen-bond acceptors (Lipinski definition) is 3. The molecule has 1 N–H and O–H groups in total. The van der Waals surface area contributed by atoms with Gasteiger partial charge in [0, 0.05) is 24.7 Å². The van der Waals surface area contributed by atoms with Crippen molar-refractivity contribution in [1.29, 1.82) is 0 Å². The Balaban J connectivity index is 1.88. The number of nitrogens with zero attached hydrogens (tertiary/aromatic N) is 1. The second-order valence-electron chi connectivity index (χ2n) is 6.77. The standard InChI is InChI=1S/C17H34N2O/c1-3-20-14-16(2)18-15-17(10-6-4-7-11-17)19-12-8-5-9-13-19/h16,18H,3-15H2,1-2H3. The van der Waals surface area contributed by atoms with E-state index in [4.69, 9.17) is 4.74 Å². The molecule has 0 aromatic carbocycles. The third kappa shape index (κ3) is 4.44. The van der Waals surface area contributed by atoms with E-state index in [-0.39, 0.29) is 0 Å². The molecule has 1 unspecified atom stereocenters. The molecule has 0 bridgehead atoms. The maximum absolute atomic E-state index is 5.54. The lowest BCUT2D eigenvalue weighted by molar-refractivity contribution is 0.0281. The summed E-state index contributed by atoms with van der Waals surface area (Å²) in [5.41, 5.74) is 0.444. The van der Waals surface area contributed by atoms with E-state index >= 15 is 0 Å². The summed E-state index contributed by atoms with van der Waals surface area (Å²) in [5.74, 6) is 0. The summed E-state index contributed by atoms with van der Waals surface area (Å²) in [5, 5.41) is 3.76. The van der Waals surface area contributed by atoms with Gasteiger partial charge < -0.3 is 10.1 Å². The molecule has 3 heteroatoms. The average Bonchev–Trinajstić information content (AvgIpc) is 2.52. The highest BCUT2D eigenvalue weighted by Crippen LogP contribution is 2.35. The number of rotatable bonds is 7. The molecule has 20 heavy (non-hydrogen) atoms. The second-order valence-corrected chi connectivity index (χ2v) is 6.77. The van der Waals surface area contributed by atoms with Crippen molar-refractivity contribution in [1.82, 2.24) is 10.2 Å². The van der Waals surface area contributed by atoms with Crippen LogP contribution in [-0.4, -0.2) is 49.3 Å². The minimum Gasteiger partial charge on any atom is -0.380 e. The molecule has 3 nitrogen and oxygen atoms in total. The molecular formula is C17H34N2O. The quantitative estimate of drug-likeness (QED) is 0.776. The van der Waals surface area contributed by atoms with E-state index in [0.29, 0.717) is 11.6 Å². The molecule has 2 fully saturated rings. The summed E-state index contributed by atoms with van der Waals surface area (Å²) in [6.07, 6.45) is 11.3. The largest absolute Gasteiger partial charge is 0.380 e. The van der Waals surface area contributed by atoms with Crippen molar-refractivity contribution < 1.29 is 4.74 Å². The van der Waals surface area contributed by atoms with Crippen LogP contribution < -0.4 is 5.32 Å². The lowest BCUT2D eigenvalue weighted by Crippen LogP contribution is -2.58. The van der Waals surface area contributed by atoms with Crippen LogP contribution in [0.4, 0.5) is 0 Å². The number of nitrogens with one attached hydrogen (secondary N) is 1. The minimum atomic E-state index is 0.444. The Morgan fingerprint density at radius 3 is 2.35 bits per heavy atom. The molecule has 1 saturated carbocycles. The van der Waals surface area contributed by atoms with Crippen LogP contribution >= 0.6 is 0 Å². The minimum absolute atomic E-state index is 0.444. The summed E-state index contributed by atoms with van der Waals surface area (Å²) < 4.78 is 5.54. The van der Waals surface area contributed by atoms with Crippen LogP contribution in [0.3, 0.4) is 0 Å². The first kappa shape index (κ1) is 16.3. The van der Waals surface area contributed by atoms with E-state index in [9.17, 15) is 0 Å². The van der Waals surface area contributed by atoms with Crippen LogP contribution in [0.2, 0.25) is 0 Å². The maximum Gasteiger partial charge on any atom is 0.0616 e. The van der Waals surface area contributed by atoms with Crippen molar-refractivity contribution in [3.63, 3.8) is 0 Å². The number of piperidine rings is 1. The highest BCUT2D eigenvalue weighted by atomic mass is 16.5. The fourth-order valence-corrected chi connectivity index (χ4v) is 3.90. The van der Waals surface area contributed by atoms with Crippen molar-refractivity contribution in [2.75, 3.05) is 32.8 Å². The molecule has 0 amide bonds. The Bertz CT molecular complexity index is 258. The molecule has 2 aliphatic rings. The SMILES string of the molecule is CCOCC(C)NCC1(N2CCCCC2)CCCCC1. The van der Waals surface area contributed by atoms with Crippen LogP contribution in [0.15, 0.2) is 0 Å². The first-order valence-corrected chi connectivity index (χ1v) is 8.83. The van der Waals surface area contributed by atoms with Crippen molar-refractivity contribution in [2.45, 2.75) is 76.8 Å². The highest BCUT2D eigenvalue weighted by Gasteiger charge is 2.38. The normalized spacial score (nSPS) is 25.5. The molecule has 2 rings (SSSR count). The van der Waals surface area contributed by atoms with Gasteiger partial charge in [-0.05, 0) is 52.6 Å². The van der Waals surface area contributed by atoms with Gasteiger partial charge in [-0.25, -0.2) is 0 Å². The third-order valence-electron chi connectivity index (χ3n) is 5.16. The Labute approximate surface area is 125 Å². The van der Waals surface area contributed by atoms with Gasteiger partial charge in [-0.3, -0.25) is 4.90 Å². The molecular weight excluding hydrogens is 248 g/mol. The molecule has 1 saturated heterocycles. The second kappa shape index (κ2) is 8.35. The smallest absolute Gasteiger partial charge is 0.0616 e. The fourth-order valence-electron chi connectivity index (χ4n) is 3.90. The number of ether oxygens (including phenoxy) is 1. The zero-order valence-electron chi connectivity index (χ0n) is 13.6. The predicted molar refractivity (Wildman–Crippen MR) is 85.2 cm³/mol. The summed E-state index contributed by atoms with van der Waals surface area (Å²) in [6, 6.07) is 0.471. The topological polar surface area (TPSA) is 24.5 Å². The first-order valence-electron chi connectivity index (χ1n) is 8.83. The van der Waals surface area contributed by atoms with Gasteiger partial charge in [0.25, 0.3) is 0 Å². The van der Waals surface area contributed by atoms with Crippen LogP contribution in [0.1, 0.15) is 65.2 Å². The van der Waals surface area contributed by atoms with E-state index < -0.39 is 0 Å². The third-order valence-corrected chi connectivity index (χ3v) is 5.16. The first-order chi connectivity index (χ1) is 9.77. The maximum atomic E-state index is 5.54. The molecule has 1 aliphatic heterocycles. The summed E-state index contributed by atoms with van der Waals surface area (Å²) in [4.78, 5) is 2.82. The number of hydrogen-bond donors (Lipinski definition) is 1. The van der Waals surface area contributed by atoms with Gasteiger partial charge in [0.15, 0.2) is 0 Å². The molecule has 1 aliphatic carbocycles. The number of likely N-dealkylation sites (tertiary alicyclic amines) is 1. The van der Waals surface area contributed by atoms with Crippen LogP contribution in [0.25, 0.3) is 0 Å². The lowest BCUT2D eigenvalue weighted by Gasteiger charge is -2.49. The zero-order chi connectivity index (χ0) is 14.3. The molecule has 0 aromatic rings. The molecule has 118 valence electrons. The zero-order valence-corrected chi connectivity index (χ0v) is 13.6. The van der Waals surface area contributed by atoms with Gasteiger partial charge in [-0.1, -0.05) is 25.7 Å². The lowest BCUT2D eigenvalue weighted by atomic mass is 9.79.